The maximum Gasteiger partial charge on any atom is 0.252 e. The van der Waals surface area contributed by atoms with Crippen LogP contribution in [0.15, 0.2) is 29.6 Å². The van der Waals surface area contributed by atoms with Crippen LogP contribution in [0.5, 0.6) is 0 Å². The summed E-state index contributed by atoms with van der Waals surface area (Å²) in [5.41, 5.74) is 0.764. The van der Waals surface area contributed by atoms with E-state index in [2.05, 4.69) is 24.1 Å². The lowest BCUT2D eigenvalue weighted by Gasteiger charge is -2.33. The van der Waals surface area contributed by atoms with Gasteiger partial charge in [-0.3, -0.25) is 9.69 Å². The van der Waals surface area contributed by atoms with Crippen LogP contribution in [0.25, 0.3) is 10.1 Å². The van der Waals surface area contributed by atoms with Gasteiger partial charge in [0.25, 0.3) is 5.91 Å². The number of nitrogens with one attached hydrogen (secondary N) is 1. The molecule has 0 saturated carbocycles. The number of amides is 1. The zero-order valence-corrected chi connectivity index (χ0v) is 14.6. The first-order valence-electron chi connectivity index (χ1n) is 8.22. The Morgan fingerprint density at radius 3 is 3.09 bits per heavy atom. The first-order chi connectivity index (χ1) is 11.1. The number of rotatable bonds is 5. The second-order valence-corrected chi connectivity index (χ2v) is 7.41. The van der Waals surface area contributed by atoms with E-state index in [0.717, 1.165) is 41.9 Å². The molecule has 0 bridgehead atoms. The monoisotopic (exact) mass is 332 g/mol. The highest BCUT2D eigenvalue weighted by Crippen LogP contribution is 2.25. The molecule has 1 saturated heterocycles. The lowest BCUT2D eigenvalue weighted by molar-refractivity contribution is -0.0295. The van der Waals surface area contributed by atoms with Gasteiger partial charge in [-0.2, -0.15) is 0 Å². The van der Waals surface area contributed by atoms with Gasteiger partial charge in [0.05, 0.1) is 18.3 Å². The summed E-state index contributed by atoms with van der Waals surface area (Å²) in [5, 5.41) is 6.00. The predicted molar refractivity (Wildman–Crippen MR) is 95.2 cm³/mol. The minimum absolute atomic E-state index is 0.00738. The third-order valence-corrected chi connectivity index (χ3v) is 5.03. The van der Waals surface area contributed by atoms with E-state index in [1.807, 2.05) is 29.6 Å². The van der Waals surface area contributed by atoms with Crippen molar-refractivity contribution in [1.29, 1.82) is 0 Å². The molecule has 4 nitrogen and oxygen atoms in total. The average molecular weight is 332 g/mol. The van der Waals surface area contributed by atoms with Crippen LogP contribution in [0.2, 0.25) is 0 Å². The van der Waals surface area contributed by atoms with Crippen molar-refractivity contribution in [1.82, 2.24) is 10.2 Å². The molecule has 1 aliphatic heterocycles. The molecular weight excluding hydrogens is 308 g/mol. The zero-order chi connectivity index (χ0) is 16.2. The van der Waals surface area contributed by atoms with Gasteiger partial charge >= 0.3 is 0 Å². The fraction of sp³-hybridized carbons (Fsp3) is 0.500. The van der Waals surface area contributed by atoms with Crippen molar-refractivity contribution in [2.75, 3.05) is 32.8 Å². The number of carbonyl (C=O) groups is 1. The molecule has 1 aliphatic rings. The second-order valence-electron chi connectivity index (χ2n) is 6.50. The molecule has 2 aromatic rings. The average Bonchev–Trinajstić information content (AvgIpc) is 2.96. The summed E-state index contributed by atoms with van der Waals surface area (Å²) in [7, 11) is 0. The Kier molecular flexibility index (Phi) is 5.30. The number of carbonyl (C=O) groups excluding carboxylic acids is 1. The third kappa shape index (κ3) is 4.10. The topological polar surface area (TPSA) is 41.6 Å². The molecule has 124 valence electrons. The molecular formula is C18H24N2O2S. The lowest BCUT2D eigenvalue weighted by Crippen LogP contribution is -2.48. The smallest absolute Gasteiger partial charge is 0.252 e. The van der Waals surface area contributed by atoms with E-state index in [1.54, 1.807) is 11.3 Å². The second kappa shape index (κ2) is 7.43. The SMILES string of the molecule is CC(C)CN1CCO[C@@H](CNC(=O)c2csc3ccccc23)C1. The van der Waals surface area contributed by atoms with E-state index in [0.29, 0.717) is 12.5 Å². The summed E-state index contributed by atoms with van der Waals surface area (Å²) in [6, 6.07) is 8.02. The molecule has 0 unspecified atom stereocenters. The molecule has 1 N–H and O–H groups in total. The molecule has 0 radical (unpaired) electrons. The summed E-state index contributed by atoms with van der Waals surface area (Å²) in [4.78, 5) is 14.9. The number of morpholine rings is 1. The van der Waals surface area contributed by atoms with Gasteiger partial charge in [-0.25, -0.2) is 0 Å². The van der Waals surface area contributed by atoms with Crippen molar-refractivity contribution in [3.8, 4) is 0 Å². The van der Waals surface area contributed by atoms with Crippen LogP contribution in [0.4, 0.5) is 0 Å². The van der Waals surface area contributed by atoms with Gasteiger partial charge in [0.2, 0.25) is 0 Å². The third-order valence-electron chi connectivity index (χ3n) is 4.06. The van der Waals surface area contributed by atoms with Gasteiger partial charge in [0.15, 0.2) is 0 Å². The first kappa shape index (κ1) is 16.4. The molecule has 2 heterocycles. The molecule has 1 fully saturated rings. The number of ether oxygens (including phenoxy) is 1. The molecule has 1 aromatic heterocycles. The van der Waals surface area contributed by atoms with Crippen LogP contribution in [0, 0.1) is 5.92 Å². The number of nitrogens with zero attached hydrogens (tertiary/aromatic N) is 1. The zero-order valence-electron chi connectivity index (χ0n) is 13.7. The Balaban J connectivity index is 1.56. The van der Waals surface area contributed by atoms with Crippen LogP contribution in [0.1, 0.15) is 24.2 Å². The van der Waals surface area contributed by atoms with Crippen LogP contribution in [-0.4, -0.2) is 49.7 Å². The fourth-order valence-corrected chi connectivity index (χ4v) is 3.98. The molecule has 0 aliphatic carbocycles. The molecule has 1 amide bonds. The summed E-state index contributed by atoms with van der Waals surface area (Å²) < 4.78 is 6.94. The Bertz CT molecular complexity index is 668. The minimum atomic E-state index is -0.00738. The fourth-order valence-electron chi connectivity index (χ4n) is 3.04. The summed E-state index contributed by atoms with van der Waals surface area (Å²) >= 11 is 1.61. The quantitative estimate of drug-likeness (QED) is 0.915. The van der Waals surface area contributed by atoms with Gasteiger partial charge in [-0.05, 0) is 12.0 Å². The Morgan fingerprint density at radius 1 is 1.43 bits per heavy atom. The molecule has 1 atom stereocenters. The summed E-state index contributed by atoms with van der Waals surface area (Å²) in [5.74, 6) is 0.646. The van der Waals surface area contributed by atoms with E-state index >= 15 is 0 Å². The van der Waals surface area contributed by atoms with Gasteiger partial charge < -0.3 is 10.1 Å². The van der Waals surface area contributed by atoms with Crippen molar-refractivity contribution in [2.45, 2.75) is 20.0 Å². The van der Waals surface area contributed by atoms with Crippen molar-refractivity contribution in [3.05, 3.63) is 35.2 Å². The highest BCUT2D eigenvalue weighted by atomic mass is 32.1. The molecule has 1 aromatic carbocycles. The van der Waals surface area contributed by atoms with Crippen molar-refractivity contribution in [2.24, 2.45) is 5.92 Å². The van der Waals surface area contributed by atoms with Crippen LogP contribution in [-0.2, 0) is 4.74 Å². The number of hydrogen-bond acceptors (Lipinski definition) is 4. The van der Waals surface area contributed by atoms with Crippen molar-refractivity contribution >= 4 is 27.3 Å². The maximum atomic E-state index is 12.4. The first-order valence-corrected chi connectivity index (χ1v) is 9.10. The van der Waals surface area contributed by atoms with Crippen molar-refractivity contribution < 1.29 is 9.53 Å². The molecule has 5 heteroatoms. The van der Waals surface area contributed by atoms with E-state index in [9.17, 15) is 4.79 Å². The number of hydrogen-bond donors (Lipinski definition) is 1. The Morgan fingerprint density at radius 2 is 2.26 bits per heavy atom. The highest BCUT2D eigenvalue weighted by molar-refractivity contribution is 7.17. The normalized spacial score (nSPS) is 19.3. The number of fused-ring (bicyclic) bond motifs is 1. The number of benzene rings is 1. The molecule has 3 rings (SSSR count). The summed E-state index contributed by atoms with van der Waals surface area (Å²) in [6.45, 7) is 8.73. The van der Waals surface area contributed by atoms with E-state index < -0.39 is 0 Å². The van der Waals surface area contributed by atoms with E-state index in [4.69, 9.17) is 4.74 Å². The highest BCUT2D eigenvalue weighted by Gasteiger charge is 2.22. The Labute approximate surface area is 141 Å². The van der Waals surface area contributed by atoms with Gasteiger partial charge in [0.1, 0.15) is 0 Å². The maximum absolute atomic E-state index is 12.4. The standard InChI is InChI=1S/C18H24N2O2S/c1-13(2)10-20-7-8-22-14(11-20)9-19-18(21)16-12-23-17-6-4-3-5-15(16)17/h3-6,12-14H,7-11H2,1-2H3,(H,19,21)/t14-/m0/s1. The predicted octanol–water partition coefficient (Wildman–Crippen LogP) is 2.99. The minimum Gasteiger partial charge on any atom is -0.374 e. The van der Waals surface area contributed by atoms with Gasteiger partial charge in [-0.15, -0.1) is 11.3 Å². The molecule has 0 spiro atoms. The Hall–Kier alpha value is -1.43. The van der Waals surface area contributed by atoms with Crippen LogP contribution in [0.3, 0.4) is 0 Å². The van der Waals surface area contributed by atoms with Crippen LogP contribution < -0.4 is 5.32 Å². The van der Waals surface area contributed by atoms with Crippen molar-refractivity contribution in [3.63, 3.8) is 0 Å². The van der Waals surface area contributed by atoms with Crippen LogP contribution >= 0.6 is 11.3 Å². The van der Waals surface area contributed by atoms with E-state index in [1.165, 1.54) is 0 Å². The molecule has 23 heavy (non-hydrogen) atoms. The largest absolute Gasteiger partial charge is 0.374 e. The number of thiophene rings is 1. The van der Waals surface area contributed by atoms with Gasteiger partial charge in [0, 0.05) is 41.6 Å². The van der Waals surface area contributed by atoms with E-state index in [-0.39, 0.29) is 12.0 Å². The van der Waals surface area contributed by atoms with Gasteiger partial charge in [-0.1, -0.05) is 32.0 Å². The lowest BCUT2D eigenvalue weighted by atomic mass is 10.1. The summed E-state index contributed by atoms with van der Waals surface area (Å²) in [6.07, 6.45) is 0.0800.